The van der Waals surface area contributed by atoms with Gasteiger partial charge < -0.3 is 15.1 Å². The lowest BCUT2D eigenvalue weighted by Crippen LogP contribution is -2.35. The summed E-state index contributed by atoms with van der Waals surface area (Å²) in [4.78, 5) is 23.2. The monoisotopic (exact) mass is 290 g/mol. The molecule has 6 heteroatoms. The maximum atomic E-state index is 12.7. The summed E-state index contributed by atoms with van der Waals surface area (Å²) in [6.45, 7) is 0.642. The Morgan fingerprint density at radius 1 is 1.05 bits per heavy atom. The first-order valence-corrected chi connectivity index (χ1v) is 6.46. The smallest absolute Gasteiger partial charge is 0.254 e. The van der Waals surface area contributed by atoms with Crippen LogP contribution in [0.15, 0.2) is 47.3 Å². The van der Waals surface area contributed by atoms with E-state index < -0.39 is 0 Å². The molecule has 1 heterocycles. The molecule has 0 saturated heterocycles. The first-order valence-electron chi connectivity index (χ1n) is 6.46. The first kappa shape index (κ1) is 14.8. The van der Waals surface area contributed by atoms with Crippen LogP contribution in [0, 0.1) is 5.82 Å². The highest BCUT2D eigenvalue weighted by molar-refractivity contribution is 5.93. The van der Waals surface area contributed by atoms with Crippen molar-refractivity contribution in [2.24, 2.45) is 0 Å². The number of nitrogens with one attached hydrogen (secondary N) is 2. The topological polar surface area (TPSA) is 71.3 Å². The zero-order chi connectivity index (χ0) is 15.1. The van der Waals surface area contributed by atoms with E-state index >= 15 is 0 Å². The Kier molecular flexibility index (Phi) is 5.09. The summed E-state index contributed by atoms with van der Waals surface area (Å²) in [5.74, 6) is -0.767. The molecule has 1 aromatic carbocycles. The second-order valence-corrected chi connectivity index (χ2v) is 4.42. The summed E-state index contributed by atoms with van der Waals surface area (Å²) in [5, 5.41) is 5.32. The molecule has 0 saturated carbocycles. The Labute approximate surface area is 121 Å². The molecule has 0 aliphatic rings. The van der Waals surface area contributed by atoms with E-state index in [4.69, 9.17) is 4.42 Å². The number of hydrogen-bond acceptors (Lipinski definition) is 3. The number of hydrogen-bond donors (Lipinski definition) is 2. The van der Waals surface area contributed by atoms with Gasteiger partial charge in [-0.3, -0.25) is 9.59 Å². The number of amides is 2. The van der Waals surface area contributed by atoms with E-state index in [1.807, 2.05) is 0 Å². The number of rotatable bonds is 6. The number of carbonyl (C=O) groups excluding carboxylic acids is 2. The highest BCUT2D eigenvalue weighted by Crippen LogP contribution is 2.03. The number of carbonyl (C=O) groups is 2. The van der Waals surface area contributed by atoms with Crippen LogP contribution in [0.3, 0.4) is 0 Å². The fraction of sp³-hybridized carbons (Fsp3) is 0.200. The van der Waals surface area contributed by atoms with E-state index in [2.05, 4.69) is 10.6 Å². The summed E-state index contributed by atoms with van der Waals surface area (Å²) < 4.78 is 17.5. The quantitative estimate of drug-likeness (QED) is 0.792. The van der Waals surface area contributed by atoms with Crippen LogP contribution < -0.4 is 10.6 Å². The summed E-state index contributed by atoms with van der Waals surface area (Å²) in [6.07, 6.45) is 2.94. The van der Waals surface area contributed by atoms with Crippen LogP contribution in [0.4, 0.5) is 4.39 Å². The molecule has 2 amide bonds. The lowest BCUT2D eigenvalue weighted by atomic mass is 10.1. The number of furan rings is 1. The molecule has 110 valence electrons. The van der Waals surface area contributed by atoms with Crippen LogP contribution in [0.1, 0.15) is 15.9 Å². The second kappa shape index (κ2) is 7.23. The molecule has 5 nitrogen and oxygen atoms in total. The van der Waals surface area contributed by atoms with E-state index in [0.717, 1.165) is 5.56 Å². The van der Waals surface area contributed by atoms with Crippen molar-refractivity contribution in [3.8, 4) is 0 Å². The van der Waals surface area contributed by atoms with E-state index in [9.17, 15) is 14.0 Å². The molecule has 0 bridgehead atoms. The van der Waals surface area contributed by atoms with Crippen molar-refractivity contribution in [1.29, 1.82) is 0 Å². The van der Waals surface area contributed by atoms with Crippen molar-refractivity contribution in [1.82, 2.24) is 10.6 Å². The van der Waals surface area contributed by atoms with E-state index in [0.29, 0.717) is 18.7 Å². The van der Waals surface area contributed by atoms with Crippen molar-refractivity contribution in [3.05, 3.63) is 59.8 Å². The van der Waals surface area contributed by atoms with Crippen molar-refractivity contribution in [2.75, 3.05) is 13.1 Å². The maximum Gasteiger partial charge on any atom is 0.254 e. The van der Waals surface area contributed by atoms with Crippen LogP contribution in [0.5, 0.6) is 0 Å². The second-order valence-electron chi connectivity index (χ2n) is 4.42. The first-order chi connectivity index (χ1) is 10.1. The molecule has 0 spiro atoms. The van der Waals surface area contributed by atoms with Crippen molar-refractivity contribution >= 4 is 11.8 Å². The number of benzene rings is 1. The van der Waals surface area contributed by atoms with Crippen LogP contribution in [-0.4, -0.2) is 24.9 Å². The zero-order valence-electron chi connectivity index (χ0n) is 11.3. The lowest BCUT2D eigenvalue weighted by molar-refractivity contribution is -0.120. The molecule has 2 aromatic rings. The van der Waals surface area contributed by atoms with Gasteiger partial charge in [-0.2, -0.15) is 0 Å². The van der Waals surface area contributed by atoms with Gasteiger partial charge in [0.25, 0.3) is 5.91 Å². The molecule has 0 aliphatic heterocycles. The van der Waals surface area contributed by atoms with Crippen LogP contribution in [0.2, 0.25) is 0 Å². The molecule has 0 fully saturated rings. The van der Waals surface area contributed by atoms with Gasteiger partial charge in [0.2, 0.25) is 5.91 Å². The normalized spacial score (nSPS) is 10.1. The number of halogens is 1. The molecule has 0 atom stereocenters. The van der Waals surface area contributed by atoms with Crippen molar-refractivity contribution in [2.45, 2.75) is 6.42 Å². The van der Waals surface area contributed by atoms with Gasteiger partial charge >= 0.3 is 0 Å². The summed E-state index contributed by atoms with van der Waals surface area (Å²) in [7, 11) is 0. The molecular weight excluding hydrogens is 275 g/mol. The minimum Gasteiger partial charge on any atom is -0.472 e. The molecular formula is C15H15FN2O3. The Bertz CT molecular complexity index is 594. The van der Waals surface area contributed by atoms with Crippen molar-refractivity contribution < 1.29 is 18.4 Å². The van der Waals surface area contributed by atoms with Gasteiger partial charge in [0, 0.05) is 13.1 Å². The molecule has 1 aromatic heterocycles. The SMILES string of the molecule is O=C(Cc1ccc(F)cc1)NCCNC(=O)c1ccoc1. The highest BCUT2D eigenvalue weighted by atomic mass is 19.1. The highest BCUT2D eigenvalue weighted by Gasteiger charge is 2.06. The molecule has 2 N–H and O–H groups in total. The Morgan fingerprint density at radius 3 is 2.43 bits per heavy atom. The minimum atomic E-state index is -0.332. The van der Waals surface area contributed by atoms with E-state index in [-0.39, 0.29) is 24.1 Å². The maximum absolute atomic E-state index is 12.7. The van der Waals surface area contributed by atoms with Crippen LogP contribution >= 0.6 is 0 Å². The van der Waals surface area contributed by atoms with E-state index in [1.54, 1.807) is 18.2 Å². The van der Waals surface area contributed by atoms with Gasteiger partial charge in [-0.25, -0.2) is 4.39 Å². The molecule has 0 unspecified atom stereocenters. The molecule has 21 heavy (non-hydrogen) atoms. The minimum absolute atomic E-state index is 0.177. The molecule has 2 rings (SSSR count). The van der Waals surface area contributed by atoms with Crippen LogP contribution in [0.25, 0.3) is 0 Å². The third-order valence-electron chi connectivity index (χ3n) is 2.79. The average Bonchev–Trinajstić information content (AvgIpc) is 3.00. The Morgan fingerprint density at radius 2 is 1.76 bits per heavy atom. The van der Waals surface area contributed by atoms with Gasteiger partial charge in [-0.15, -0.1) is 0 Å². The van der Waals surface area contributed by atoms with Gasteiger partial charge in [0.1, 0.15) is 12.1 Å². The zero-order valence-corrected chi connectivity index (χ0v) is 11.3. The Balaban J connectivity index is 1.65. The average molecular weight is 290 g/mol. The predicted molar refractivity (Wildman–Crippen MR) is 74.2 cm³/mol. The van der Waals surface area contributed by atoms with Crippen LogP contribution in [-0.2, 0) is 11.2 Å². The third-order valence-corrected chi connectivity index (χ3v) is 2.79. The van der Waals surface area contributed by atoms with Gasteiger partial charge in [0.15, 0.2) is 0 Å². The standard InChI is InChI=1S/C15H15FN2O3/c16-13-3-1-11(2-4-13)9-14(19)17-6-7-18-15(20)12-5-8-21-10-12/h1-5,8,10H,6-7,9H2,(H,17,19)(H,18,20). The largest absolute Gasteiger partial charge is 0.472 e. The fourth-order valence-corrected chi connectivity index (χ4v) is 1.72. The summed E-state index contributed by atoms with van der Waals surface area (Å²) >= 11 is 0. The third kappa shape index (κ3) is 4.76. The molecule has 0 aliphatic carbocycles. The van der Waals surface area contributed by atoms with Gasteiger partial charge in [-0.1, -0.05) is 12.1 Å². The fourth-order valence-electron chi connectivity index (χ4n) is 1.72. The summed E-state index contributed by atoms with van der Waals surface area (Å²) in [6, 6.07) is 7.31. The van der Waals surface area contributed by atoms with E-state index in [1.165, 1.54) is 24.7 Å². The Hall–Kier alpha value is -2.63. The summed E-state index contributed by atoms with van der Waals surface area (Å²) in [5.41, 5.74) is 1.17. The molecule has 0 radical (unpaired) electrons. The van der Waals surface area contributed by atoms with Gasteiger partial charge in [-0.05, 0) is 23.8 Å². The predicted octanol–water partition coefficient (Wildman–Crippen LogP) is 1.51. The van der Waals surface area contributed by atoms with Gasteiger partial charge in [0.05, 0.1) is 18.2 Å². The lowest BCUT2D eigenvalue weighted by Gasteiger charge is -2.06. The van der Waals surface area contributed by atoms with Crippen molar-refractivity contribution in [3.63, 3.8) is 0 Å².